The van der Waals surface area contributed by atoms with Crippen LogP contribution in [0, 0.1) is 0 Å². The van der Waals surface area contributed by atoms with Crippen molar-refractivity contribution in [1.29, 1.82) is 0 Å². The fraction of sp³-hybridized carbons (Fsp3) is 0.409. The van der Waals surface area contributed by atoms with Crippen molar-refractivity contribution >= 4 is 33.0 Å². The molecule has 1 atom stereocenters. The van der Waals surface area contributed by atoms with E-state index in [1.54, 1.807) is 24.3 Å². The van der Waals surface area contributed by atoms with E-state index in [0.717, 1.165) is 25.0 Å². The van der Waals surface area contributed by atoms with Gasteiger partial charge in [-0.2, -0.15) is 0 Å². The lowest BCUT2D eigenvalue weighted by Gasteiger charge is -2.20. The van der Waals surface area contributed by atoms with Gasteiger partial charge in [-0.05, 0) is 67.8 Å². The molecule has 0 bridgehead atoms. The zero-order valence-electron chi connectivity index (χ0n) is 17.7. The lowest BCUT2D eigenvalue weighted by atomic mass is 10.2. The van der Waals surface area contributed by atoms with Crippen molar-refractivity contribution in [3.63, 3.8) is 0 Å². The van der Waals surface area contributed by atoms with Gasteiger partial charge in [0.25, 0.3) is 5.91 Å². The number of benzene rings is 2. The minimum absolute atomic E-state index is 0.219. The first-order chi connectivity index (χ1) is 14.3. The molecule has 0 aliphatic carbocycles. The second-order valence-corrected chi connectivity index (χ2v) is 9.48. The first-order valence-corrected chi connectivity index (χ1v) is 12.0. The molecule has 0 aromatic heterocycles. The number of amides is 1. The molecule has 1 amide bonds. The summed E-state index contributed by atoms with van der Waals surface area (Å²) in [6.45, 7) is 4.04. The zero-order chi connectivity index (χ0) is 21.7. The average Bonchev–Trinajstić information content (AvgIpc) is 3.26. The second kappa shape index (κ2) is 9.38. The number of nitrogens with one attached hydrogen (secondary N) is 1. The largest absolute Gasteiger partial charge is 0.481 e. The molecule has 162 valence electrons. The van der Waals surface area contributed by atoms with E-state index in [4.69, 9.17) is 4.74 Å². The minimum atomic E-state index is -3.33. The highest BCUT2D eigenvalue weighted by molar-refractivity contribution is 7.92. The van der Waals surface area contributed by atoms with Gasteiger partial charge in [-0.3, -0.25) is 9.10 Å². The third-order valence-corrected chi connectivity index (χ3v) is 6.45. The summed E-state index contributed by atoms with van der Waals surface area (Å²) in [5.41, 5.74) is 2.43. The number of carbonyl (C=O) groups excluding carboxylic acids is 1. The van der Waals surface area contributed by atoms with Gasteiger partial charge in [0.15, 0.2) is 6.10 Å². The van der Waals surface area contributed by atoms with E-state index in [1.807, 2.05) is 31.2 Å². The molecule has 0 saturated carbocycles. The standard InChI is InChI=1S/C22H29N3O4S/c1-4-21(29-20-13-11-18(12-14-20)24(2)30(3,27)28)22(26)23-17-7-9-19(10-8-17)25-15-5-6-16-25/h7-14,21H,4-6,15-16H2,1-3H3,(H,23,26). The summed E-state index contributed by atoms with van der Waals surface area (Å²) in [6.07, 6.45) is 3.44. The SMILES string of the molecule is CCC(Oc1ccc(N(C)S(C)(=O)=O)cc1)C(=O)Nc1ccc(N2CCCC2)cc1. The molecule has 7 nitrogen and oxygen atoms in total. The first kappa shape index (κ1) is 22.0. The molecule has 1 saturated heterocycles. The maximum Gasteiger partial charge on any atom is 0.265 e. The summed E-state index contributed by atoms with van der Waals surface area (Å²) >= 11 is 0. The molecule has 1 unspecified atom stereocenters. The molecular weight excluding hydrogens is 402 g/mol. The lowest BCUT2D eigenvalue weighted by molar-refractivity contribution is -0.122. The summed E-state index contributed by atoms with van der Waals surface area (Å²) in [4.78, 5) is 15.0. The predicted octanol–water partition coefficient (Wildman–Crippen LogP) is 3.48. The number of anilines is 3. The molecular formula is C22H29N3O4S. The van der Waals surface area contributed by atoms with Crippen LogP contribution in [0.3, 0.4) is 0 Å². The maximum absolute atomic E-state index is 12.7. The van der Waals surface area contributed by atoms with Gasteiger partial charge in [0.05, 0.1) is 11.9 Å². The van der Waals surface area contributed by atoms with Crippen LogP contribution in [-0.2, 0) is 14.8 Å². The summed E-state index contributed by atoms with van der Waals surface area (Å²) in [6, 6.07) is 14.5. The molecule has 0 spiro atoms. The van der Waals surface area contributed by atoms with Gasteiger partial charge >= 0.3 is 0 Å². The van der Waals surface area contributed by atoms with E-state index in [-0.39, 0.29) is 5.91 Å². The van der Waals surface area contributed by atoms with Gasteiger partial charge in [-0.1, -0.05) is 6.92 Å². The average molecular weight is 432 g/mol. The Bertz CT molecular complexity index is 953. The van der Waals surface area contributed by atoms with Crippen LogP contribution in [0.4, 0.5) is 17.1 Å². The van der Waals surface area contributed by atoms with Crippen LogP contribution in [0.1, 0.15) is 26.2 Å². The van der Waals surface area contributed by atoms with Gasteiger partial charge in [0.1, 0.15) is 5.75 Å². The highest BCUT2D eigenvalue weighted by Gasteiger charge is 2.20. The van der Waals surface area contributed by atoms with Crippen LogP contribution in [0.5, 0.6) is 5.75 Å². The fourth-order valence-electron chi connectivity index (χ4n) is 3.37. The van der Waals surface area contributed by atoms with Gasteiger partial charge in [0.2, 0.25) is 10.0 Å². The Hall–Kier alpha value is -2.74. The second-order valence-electron chi connectivity index (χ2n) is 7.47. The fourth-order valence-corrected chi connectivity index (χ4v) is 3.87. The Labute approximate surface area is 178 Å². The minimum Gasteiger partial charge on any atom is -0.481 e. The molecule has 2 aromatic carbocycles. The Morgan fingerprint density at radius 3 is 2.23 bits per heavy atom. The number of nitrogens with zero attached hydrogens (tertiary/aromatic N) is 2. The quantitative estimate of drug-likeness (QED) is 0.692. The molecule has 2 aromatic rings. The molecule has 30 heavy (non-hydrogen) atoms. The normalized spacial score (nSPS) is 15.0. The van der Waals surface area contributed by atoms with E-state index in [0.29, 0.717) is 17.9 Å². The van der Waals surface area contributed by atoms with E-state index >= 15 is 0 Å². The summed E-state index contributed by atoms with van der Waals surface area (Å²) in [5.74, 6) is 0.288. The molecule has 1 fully saturated rings. The van der Waals surface area contributed by atoms with E-state index in [1.165, 1.54) is 29.9 Å². The van der Waals surface area contributed by atoms with Crippen LogP contribution >= 0.6 is 0 Å². The summed E-state index contributed by atoms with van der Waals surface area (Å²) in [7, 11) is -1.84. The molecule has 3 rings (SSSR count). The van der Waals surface area contributed by atoms with Crippen molar-refractivity contribution in [3.8, 4) is 5.75 Å². The van der Waals surface area contributed by atoms with Crippen molar-refractivity contribution < 1.29 is 17.9 Å². The summed E-state index contributed by atoms with van der Waals surface area (Å²) in [5, 5.41) is 2.91. The monoisotopic (exact) mass is 431 g/mol. The smallest absolute Gasteiger partial charge is 0.265 e. The molecule has 0 radical (unpaired) electrons. The molecule has 1 N–H and O–H groups in total. The highest BCUT2D eigenvalue weighted by atomic mass is 32.2. The highest BCUT2D eigenvalue weighted by Crippen LogP contribution is 2.24. The Kier molecular flexibility index (Phi) is 6.87. The maximum atomic E-state index is 12.7. The first-order valence-electron chi connectivity index (χ1n) is 10.1. The molecule has 1 heterocycles. The molecule has 1 aliphatic heterocycles. The lowest BCUT2D eigenvalue weighted by Crippen LogP contribution is -2.32. The van der Waals surface area contributed by atoms with Crippen LogP contribution in [0.25, 0.3) is 0 Å². The van der Waals surface area contributed by atoms with Crippen LogP contribution in [0.15, 0.2) is 48.5 Å². The van der Waals surface area contributed by atoms with E-state index < -0.39 is 16.1 Å². The van der Waals surface area contributed by atoms with Gasteiger partial charge in [0, 0.05) is 31.5 Å². The van der Waals surface area contributed by atoms with Crippen molar-refractivity contribution in [3.05, 3.63) is 48.5 Å². The third-order valence-electron chi connectivity index (χ3n) is 5.25. The number of hydrogen-bond acceptors (Lipinski definition) is 5. The number of sulfonamides is 1. The van der Waals surface area contributed by atoms with Crippen molar-refractivity contribution in [2.45, 2.75) is 32.3 Å². The van der Waals surface area contributed by atoms with E-state index in [2.05, 4.69) is 10.2 Å². The number of rotatable bonds is 8. The molecule has 8 heteroatoms. The van der Waals surface area contributed by atoms with Crippen molar-refractivity contribution in [1.82, 2.24) is 0 Å². The third kappa shape index (κ3) is 5.44. The Morgan fingerprint density at radius 2 is 1.70 bits per heavy atom. The van der Waals surface area contributed by atoms with Crippen molar-refractivity contribution in [2.75, 3.05) is 40.9 Å². The Balaban J connectivity index is 1.60. The molecule has 1 aliphatic rings. The Morgan fingerprint density at radius 1 is 1.10 bits per heavy atom. The number of ether oxygens (including phenoxy) is 1. The van der Waals surface area contributed by atoms with Gasteiger partial charge in [-0.15, -0.1) is 0 Å². The number of hydrogen-bond donors (Lipinski definition) is 1. The van der Waals surface area contributed by atoms with Crippen molar-refractivity contribution in [2.24, 2.45) is 0 Å². The van der Waals surface area contributed by atoms with Crippen LogP contribution in [-0.4, -0.2) is 46.8 Å². The number of carbonyl (C=O) groups is 1. The van der Waals surface area contributed by atoms with Crippen LogP contribution < -0.4 is 19.3 Å². The zero-order valence-corrected chi connectivity index (χ0v) is 18.5. The van der Waals surface area contributed by atoms with Gasteiger partial charge in [-0.25, -0.2) is 8.42 Å². The summed E-state index contributed by atoms with van der Waals surface area (Å²) < 4.78 is 30.3. The van der Waals surface area contributed by atoms with Crippen LogP contribution in [0.2, 0.25) is 0 Å². The van der Waals surface area contributed by atoms with Gasteiger partial charge < -0.3 is 15.0 Å². The van der Waals surface area contributed by atoms with E-state index in [9.17, 15) is 13.2 Å². The predicted molar refractivity (Wildman–Crippen MR) is 121 cm³/mol. The topological polar surface area (TPSA) is 78.9 Å².